The zero-order valence-corrected chi connectivity index (χ0v) is 17.0. The molecule has 0 bridgehead atoms. The van der Waals surface area contributed by atoms with Crippen LogP contribution in [-0.4, -0.2) is 29.7 Å². The Labute approximate surface area is 176 Å². The van der Waals surface area contributed by atoms with Crippen molar-refractivity contribution in [2.75, 3.05) is 11.1 Å². The van der Waals surface area contributed by atoms with Crippen LogP contribution < -0.4 is 11.1 Å². The molecule has 10 heteroatoms. The third kappa shape index (κ3) is 4.64. The molecule has 0 aliphatic carbocycles. The highest BCUT2D eigenvalue weighted by Crippen LogP contribution is 2.24. The molecule has 0 saturated carbocycles. The van der Waals surface area contributed by atoms with E-state index in [0.29, 0.717) is 27.7 Å². The first-order chi connectivity index (χ1) is 14.1. The second kappa shape index (κ2) is 8.46. The molecule has 0 aliphatic rings. The lowest BCUT2D eigenvalue weighted by atomic mass is 10.2. The van der Waals surface area contributed by atoms with E-state index in [1.165, 1.54) is 11.8 Å². The number of anilines is 3. The van der Waals surface area contributed by atoms with E-state index in [4.69, 9.17) is 17.3 Å². The molecular weight excluding hydrogens is 408 g/mol. The van der Waals surface area contributed by atoms with Gasteiger partial charge in [-0.3, -0.25) is 4.57 Å². The van der Waals surface area contributed by atoms with E-state index in [9.17, 15) is 0 Å². The summed E-state index contributed by atoms with van der Waals surface area (Å²) in [6.45, 7) is 2.01. The number of aromatic nitrogens is 6. The molecule has 2 heterocycles. The largest absolute Gasteiger partial charge is 0.368 e. The molecular formula is C19H17ClN8S. The third-order valence-electron chi connectivity index (χ3n) is 4.02. The zero-order chi connectivity index (χ0) is 20.2. The van der Waals surface area contributed by atoms with Crippen molar-refractivity contribution in [2.45, 2.75) is 17.8 Å². The lowest BCUT2D eigenvalue weighted by Gasteiger charge is -2.09. The highest BCUT2D eigenvalue weighted by atomic mass is 35.5. The molecule has 0 radical (unpaired) electrons. The molecule has 2 aromatic carbocycles. The number of aryl methyl sites for hydroxylation is 1. The number of nitrogen functional groups attached to an aromatic ring is 1. The smallest absolute Gasteiger partial charge is 0.232 e. The average Bonchev–Trinajstić information content (AvgIpc) is 3.16. The standard InChI is InChI=1S/C19H17ClN8S/c1-12-5-2-3-8-15(12)23-18-25-16(24-17(21)26-18)10-29-19-27-22-11-28(19)14-7-4-6-13(20)9-14/h2-9,11H,10H2,1H3,(H3,21,23,24,25,26). The van der Waals surface area contributed by atoms with Crippen LogP contribution in [0, 0.1) is 6.92 Å². The van der Waals surface area contributed by atoms with Gasteiger partial charge in [-0.05, 0) is 36.8 Å². The Morgan fingerprint density at radius 3 is 2.79 bits per heavy atom. The van der Waals surface area contributed by atoms with Crippen LogP contribution in [0.25, 0.3) is 5.69 Å². The SMILES string of the molecule is Cc1ccccc1Nc1nc(N)nc(CSc2nncn2-c2cccc(Cl)c2)n1. The molecule has 4 rings (SSSR count). The maximum absolute atomic E-state index is 6.09. The van der Waals surface area contributed by atoms with E-state index in [1.807, 2.05) is 60.0 Å². The number of thioether (sulfide) groups is 1. The molecule has 8 nitrogen and oxygen atoms in total. The number of hydrogen-bond donors (Lipinski definition) is 2. The minimum atomic E-state index is 0.156. The van der Waals surface area contributed by atoms with Gasteiger partial charge in [0.2, 0.25) is 11.9 Å². The number of rotatable bonds is 6. The first-order valence-corrected chi connectivity index (χ1v) is 10.1. The summed E-state index contributed by atoms with van der Waals surface area (Å²) in [5.41, 5.74) is 8.75. The van der Waals surface area contributed by atoms with Gasteiger partial charge in [-0.2, -0.15) is 15.0 Å². The van der Waals surface area contributed by atoms with Gasteiger partial charge in [0, 0.05) is 10.7 Å². The predicted octanol–water partition coefficient (Wildman–Crippen LogP) is 4.03. The molecule has 0 atom stereocenters. The van der Waals surface area contributed by atoms with Crippen molar-refractivity contribution in [1.29, 1.82) is 0 Å². The second-order valence-electron chi connectivity index (χ2n) is 6.13. The summed E-state index contributed by atoms with van der Waals surface area (Å²) in [6, 6.07) is 15.4. The van der Waals surface area contributed by atoms with Gasteiger partial charge < -0.3 is 11.1 Å². The van der Waals surface area contributed by atoms with Crippen molar-refractivity contribution in [3.63, 3.8) is 0 Å². The van der Waals surface area contributed by atoms with Crippen LogP contribution >= 0.6 is 23.4 Å². The molecule has 29 heavy (non-hydrogen) atoms. The van der Waals surface area contributed by atoms with E-state index in [1.54, 1.807) is 6.33 Å². The van der Waals surface area contributed by atoms with Crippen LogP contribution in [-0.2, 0) is 5.75 Å². The molecule has 0 unspecified atom stereocenters. The van der Waals surface area contributed by atoms with E-state index in [2.05, 4.69) is 30.5 Å². The molecule has 0 aliphatic heterocycles. The third-order valence-corrected chi connectivity index (χ3v) is 5.20. The van der Waals surface area contributed by atoms with Gasteiger partial charge in [0.15, 0.2) is 5.16 Å². The number of halogens is 1. The summed E-state index contributed by atoms with van der Waals surface area (Å²) in [6.07, 6.45) is 1.64. The van der Waals surface area contributed by atoms with Crippen molar-refractivity contribution < 1.29 is 0 Å². The first kappa shape index (κ1) is 19.2. The van der Waals surface area contributed by atoms with Crippen molar-refractivity contribution in [1.82, 2.24) is 29.7 Å². The van der Waals surface area contributed by atoms with Crippen LogP contribution in [0.4, 0.5) is 17.6 Å². The maximum Gasteiger partial charge on any atom is 0.232 e. The fraction of sp³-hybridized carbons (Fsp3) is 0.105. The second-order valence-corrected chi connectivity index (χ2v) is 7.50. The molecule has 2 aromatic heterocycles. The van der Waals surface area contributed by atoms with E-state index in [-0.39, 0.29) is 5.95 Å². The van der Waals surface area contributed by atoms with Crippen LogP contribution in [0.5, 0.6) is 0 Å². The van der Waals surface area contributed by atoms with Crippen molar-refractivity contribution in [3.05, 3.63) is 71.3 Å². The number of para-hydroxylation sites is 1. The maximum atomic E-state index is 6.09. The highest BCUT2D eigenvalue weighted by Gasteiger charge is 2.11. The zero-order valence-electron chi connectivity index (χ0n) is 15.5. The molecule has 0 fully saturated rings. The molecule has 0 saturated heterocycles. The quantitative estimate of drug-likeness (QED) is 0.446. The Hall–Kier alpha value is -3.17. The van der Waals surface area contributed by atoms with Gasteiger partial charge in [0.05, 0.1) is 11.4 Å². The van der Waals surface area contributed by atoms with Crippen molar-refractivity contribution >= 4 is 40.9 Å². The Bertz CT molecular complexity index is 1150. The Morgan fingerprint density at radius 1 is 1.10 bits per heavy atom. The normalized spacial score (nSPS) is 10.8. The summed E-state index contributed by atoms with van der Waals surface area (Å²) in [7, 11) is 0. The summed E-state index contributed by atoms with van der Waals surface area (Å²) in [5, 5.41) is 12.7. The van der Waals surface area contributed by atoms with E-state index >= 15 is 0 Å². The van der Waals surface area contributed by atoms with Gasteiger partial charge >= 0.3 is 0 Å². The van der Waals surface area contributed by atoms with Gasteiger partial charge in [-0.25, -0.2) is 0 Å². The van der Waals surface area contributed by atoms with Crippen LogP contribution in [0.2, 0.25) is 5.02 Å². The predicted molar refractivity (Wildman–Crippen MR) is 115 cm³/mol. The summed E-state index contributed by atoms with van der Waals surface area (Å²) in [4.78, 5) is 12.9. The number of nitrogens with two attached hydrogens (primary N) is 1. The number of hydrogen-bond acceptors (Lipinski definition) is 8. The number of nitrogens with one attached hydrogen (secondary N) is 1. The van der Waals surface area contributed by atoms with Gasteiger partial charge in [0.1, 0.15) is 12.2 Å². The fourth-order valence-electron chi connectivity index (χ4n) is 2.65. The van der Waals surface area contributed by atoms with Gasteiger partial charge in [0.25, 0.3) is 0 Å². The lowest BCUT2D eigenvalue weighted by molar-refractivity contribution is 0.880. The fourth-order valence-corrected chi connectivity index (χ4v) is 3.62. The minimum Gasteiger partial charge on any atom is -0.368 e. The molecule has 3 N–H and O–H groups in total. The molecule has 0 amide bonds. The summed E-state index contributed by atoms with van der Waals surface area (Å²) < 4.78 is 1.85. The summed E-state index contributed by atoms with van der Waals surface area (Å²) in [5.74, 6) is 1.55. The van der Waals surface area contributed by atoms with Crippen LogP contribution in [0.3, 0.4) is 0 Å². The summed E-state index contributed by atoms with van der Waals surface area (Å²) >= 11 is 7.54. The molecule has 146 valence electrons. The van der Waals surface area contributed by atoms with E-state index in [0.717, 1.165) is 16.9 Å². The first-order valence-electron chi connectivity index (χ1n) is 8.70. The van der Waals surface area contributed by atoms with Crippen LogP contribution in [0.1, 0.15) is 11.4 Å². The minimum absolute atomic E-state index is 0.156. The van der Waals surface area contributed by atoms with Crippen LogP contribution in [0.15, 0.2) is 60.0 Å². The van der Waals surface area contributed by atoms with Crippen molar-refractivity contribution in [3.8, 4) is 5.69 Å². The molecule has 4 aromatic rings. The Morgan fingerprint density at radius 2 is 1.97 bits per heavy atom. The number of benzene rings is 2. The highest BCUT2D eigenvalue weighted by molar-refractivity contribution is 7.98. The molecule has 0 spiro atoms. The monoisotopic (exact) mass is 424 g/mol. The Balaban J connectivity index is 1.52. The van der Waals surface area contributed by atoms with Gasteiger partial charge in [-0.1, -0.05) is 47.6 Å². The topological polar surface area (TPSA) is 107 Å². The van der Waals surface area contributed by atoms with Crippen molar-refractivity contribution in [2.24, 2.45) is 0 Å². The average molecular weight is 425 g/mol. The van der Waals surface area contributed by atoms with E-state index < -0.39 is 0 Å². The number of nitrogens with zero attached hydrogens (tertiary/aromatic N) is 6. The Kier molecular flexibility index (Phi) is 5.59. The lowest BCUT2D eigenvalue weighted by Crippen LogP contribution is -2.07. The van der Waals surface area contributed by atoms with Gasteiger partial charge in [-0.15, -0.1) is 10.2 Å².